The van der Waals surface area contributed by atoms with Gasteiger partial charge in [-0.2, -0.15) is 0 Å². The molecule has 0 aromatic carbocycles. The molecule has 0 amide bonds. The molecule has 1 spiro atoms. The topological polar surface area (TPSA) is 71.7 Å². The fourth-order valence-electron chi connectivity index (χ4n) is 4.65. The summed E-state index contributed by atoms with van der Waals surface area (Å²) in [6, 6.07) is 2.51. The number of fused-ring (bicyclic) bond motifs is 2. The molecule has 0 radical (unpaired) electrons. The Bertz CT molecular complexity index is 626. The minimum Gasteiger partial charge on any atom is -0.377 e. The Morgan fingerprint density at radius 1 is 1.44 bits per heavy atom. The van der Waals surface area contributed by atoms with Crippen molar-refractivity contribution in [3.63, 3.8) is 0 Å². The van der Waals surface area contributed by atoms with Gasteiger partial charge in [-0.25, -0.2) is 0 Å². The molecule has 2 saturated carbocycles. The second-order valence-electron chi connectivity index (χ2n) is 7.75. The van der Waals surface area contributed by atoms with Crippen LogP contribution in [0.1, 0.15) is 56.9 Å². The van der Waals surface area contributed by atoms with Crippen LogP contribution in [0.4, 0.5) is 0 Å². The maximum Gasteiger partial charge on any atom is 0.191 e. The van der Waals surface area contributed by atoms with Crippen molar-refractivity contribution >= 4 is 29.9 Å². The number of hydrogen-bond acceptors (Lipinski definition) is 4. The molecule has 3 unspecified atom stereocenters. The minimum atomic E-state index is 0. The number of nitrogens with zero attached hydrogens (tertiary/aromatic N) is 2. The molecular weight excluding hydrogens is 431 g/mol. The van der Waals surface area contributed by atoms with Gasteiger partial charge in [-0.15, -0.1) is 24.0 Å². The van der Waals surface area contributed by atoms with Gasteiger partial charge in [0.25, 0.3) is 0 Å². The first-order valence-electron chi connectivity index (χ1n) is 9.18. The molecule has 1 aliphatic heterocycles. The van der Waals surface area contributed by atoms with E-state index in [0.29, 0.717) is 35.9 Å². The Balaban J connectivity index is 0.00000182. The number of aromatic nitrogens is 1. The molecule has 3 atom stereocenters. The van der Waals surface area contributed by atoms with E-state index in [1.807, 2.05) is 13.1 Å². The van der Waals surface area contributed by atoms with E-state index in [1.54, 1.807) is 0 Å². The first-order valence-corrected chi connectivity index (χ1v) is 9.18. The zero-order chi connectivity index (χ0) is 16.7. The Hall–Kier alpha value is -0.830. The molecule has 2 heterocycles. The number of aliphatic imine (C=N–C) groups is 1. The molecule has 140 valence electrons. The van der Waals surface area contributed by atoms with E-state index in [1.165, 1.54) is 25.7 Å². The van der Waals surface area contributed by atoms with Crippen LogP contribution in [-0.2, 0) is 11.3 Å². The van der Waals surface area contributed by atoms with E-state index < -0.39 is 0 Å². The van der Waals surface area contributed by atoms with Gasteiger partial charge >= 0.3 is 0 Å². The molecule has 6 nitrogen and oxygen atoms in total. The van der Waals surface area contributed by atoms with E-state index in [2.05, 4.69) is 34.6 Å². The van der Waals surface area contributed by atoms with Crippen LogP contribution in [0.2, 0.25) is 0 Å². The van der Waals surface area contributed by atoms with Crippen molar-refractivity contribution in [2.45, 2.75) is 64.1 Å². The van der Waals surface area contributed by atoms with Gasteiger partial charge in [-0.3, -0.25) is 4.99 Å². The summed E-state index contributed by atoms with van der Waals surface area (Å²) >= 11 is 0. The maximum absolute atomic E-state index is 5.99. The minimum absolute atomic E-state index is 0. The smallest absolute Gasteiger partial charge is 0.191 e. The van der Waals surface area contributed by atoms with Gasteiger partial charge in [-0.1, -0.05) is 25.4 Å². The SMILES string of the molecule is CN=C(NCc1cc(C(C)C)no1)NC1C2CCOC2C12CCC2.I. The third kappa shape index (κ3) is 3.18. The van der Waals surface area contributed by atoms with Gasteiger partial charge in [0, 0.05) is 37.1 Å². The maximum atomic E-state index is 5.99. The van der Waals surface area contributed by atoms with Gasteiger partial charge in [0.1, 0.15) is 0 Å². The molecular formula is C18H29IN4O2. The van der Waals surface area contributed by atoms with Crippen molar-refractivity contribution in [2.24, 2.45) is 16.3 Å². The van der Waals surface area contributed by atoms with E-state index >= 15 is 0 Å². The Labute approximate surface area is 166 Å². The fraction of sp³-hybridized carbons (Fsp3) is 0.778. The summed E-state index contributed by atoms with van der Waals surface area (Å²) in [5.74, 6) is 2.71. The first-order chi connectivity index (χ1) is 11.6. The van der Waals surface area contributed by atoms with Crippen LogP contribution in [0.25, 0.3) is 0 Å². The molecule has 1 aromatic heterocycles. The fourth-order valence-corrected chi connectivity index (χ4v) is 4.65. The molecule has 2 aliphatic carbocycles. The summed E-state index contributed by atoms with van der Waals surface area (Å²) in [5.41, 5.74) is 1.35. The standard InChI is InChI=1S/C18H28N4O2.HI/c1-11(2)14-9-12(24-22-14)10-20-17(19-3)21-15-13-5-8-23-16(13)18(15)6-4-7-18;/h9,11,13,15-16H,4-8,10H2,1-3H3,(H2,19,20,21);1H. The number of guanidine groups is 1. The van der Waals surface area contributed by atoms with Gasteiger partial charge in [0.15, 0.2) is 11.7 Å². The van der Waals surface area contributed by atoms with Crippen LogP contribution in [0.15, 0.2) is 15.6 Å². The van der Waals surface area contributed by atoms with Crippen LogP contribution in [-0.4, -0.2) is 36.9 Å². The third-order valence-corrected chi connectivity index (χ3v) is 6.15. The predicted octanol–water partition coefficient (Wildman–Crippen LogP) is 3.04. The third-order valence-electron chi connectivity index (χ3n) is 6.15. The molecule has 1 aromatic rings. The average Bonchev–Trinajstić information content (AvgIpc) is 3.14. The summed E-state index contributed by atoms with van der Waals surface area (Å²) in [6.45, 7) is 5.75. The predicted molar refractivity (Wildman–Crippen MR) is 107 cm³/mol. The summed E-state index contributed by atoms with van der Waals surface area (Å²) < 4.78 is 11.4. The van der Waals surface area contributed by atoms with E-state index in [9.17, 15) is 0 Å². The van der Waals surface area contributed by atoms with Crippen LogP contribution >= 0.6 is 24.0 Å². The van der Waals surface area contributed by atoms with Crippen molar-refractivity contribution in [1.29, 1.82) is 0 Å². The summed E-state index contributed by atoms with van der Waals surface area (Å²) in [4.78, 5) is 4.40. The molecule has 3 aliphatic rings. The van der Waals surface area contributed by atoms with Crippen molar-refractivity contribution in [3.8, 4) is 0 Å². The number of ether oxygens (including phenoxy) is 1. The monoisotopic (exact) mass is 460 g/mol. The van der Waals surface area contributed by atoms with Gasteiger partial charge in [0.2, 0.25) is 0 Å². The number of nitrogens with one attached hydrogen (secondary N) is 2. The van der Waals surface area contributed by atoms with Gasteiger partial charge in [-0.05, 0) is 25.2 Å². The lowest BCUT2D eigenvalue weighted by atomic mass is 9.46. The molecule has 1 saturated heterocycles. The van der Waals surface area contributed by atoms with E-state index in [4.69, 9.17) is 9.26 Å². The molecule has 3 fully saturated rings. The van der Waals surface area contributed by atoms with Gasteiger partial charge in [0.05, 0.1) is 18.3 Å². The second-order valence-corrected chi connectivity index (χ2v) is 7.75. The zero-order valence-electron chi connectivity index (χ0n) is 15.2. The highest BCUT2D eigenvalue weighted by Gasteiger charge is 2.66. The molecule has 25 heavy (non-hydrogen) atoms. The Morgan fingerprint density at radius 2 is 2.24 bits per heavy atom. The quantitative estimate of drug-likeness (QED) is 0.411. The average molecular weight is 460 g/mol. The lowest BCUT2D eigenvalue weighted by Gasteiger charge is -2.63. The van der Waals surface area contributed by atoms with Crippen molar-refractivity contribution in [2.75, 3.05) is 13.7 Å². The molecule has 0 bridgehead atoms. The highest BCUT2D eigenvalue weighted by atomic mass is 127. The second kappa shape index (κ2) is 7.42. The lowest BCUT2D eigenvalue weighted by molar-refractivity contribution is -0.171. The van der Waals surface area contributed by atoms with Crippen molar-refractivity contribution in [3.05, 3.63) is 17.5 Å². The van der Waals surface area contributed by atoms with E-state index in [0.717, 1.165) is 24.0 Å². The molecule has 2 N–H and O–H groups in total. The molecule has 4 rings (SSSR count). The first kappa shape index (κ1) is 18.9. The number of halogens is 1. The van der Waals surface area contributed by atoms with Crippen LogP contribution in [0, 0.1) is 11.3 Å². The summed E-state index contributed by atoms with van der Waals surface area (Å²) in [6.07, 6.45) is 5.53. The van der Waals surface area contributed by atoms with Crippen molar-refractivity contribution < 1.29 is 9.26 Å². The highest BCUT2D eigenvalue weighted by molar-refractivity contribution is 14.0. The van der Waals surface area contributed by atoms with E-state index in [-0.39, 0.29) is 24.0 Å². The Morgan fingerprint density at radius 3 is 2.84 bits per heavy atom. The summed E-state index contributed by atoms with van der Waals surface area (Å²) in [7, 11) is 1.82. The summed E-state index contributed by atoms with van der Waals surface area (Å²) in [5, 5.41) is 11.1. The number of rotatable bonds is 4. The Kier molecular flexibility index (Phi) is 5.63. The normalized spacial score (nSPS) is 29.6. The lowest BCUT2D eigenvalue weighted by Crippen LogP contribution is -2.72. The van der Waals surface area contributed by atoms with Crippen LogP contribution in [0.5, 0.6) is 0 Å². The highest BCUT2D eigenvalue weighted by Crippen LogP contribution is 2.62. The van der Waals surface area contributed by atoms with Crippen molar-refractivity contribution in [1.82, 2.24) is 15.8 Å². The molecule has 7 heteroatoms. The zero-order valence-corrected chi connectivity index (χ0v) is 17.6. The van der Waals surface area contributed by atoms with Gasteiger partial charge < -0.3 is 19.9 Å². The van der Waals surface area contributed by atoms with Crippen LogP contribution < -0.4 is 10.6 Å². The van der Waals surface area contributed by atoms with Crippen LogP contribution in [0.3, 0.4) is 0 Å². The largest absolute Gasteiger partial charge is 0.377 e. The number of hydrogen-bond donors (Lipinski definition) is 2.